The van der Waals surface area contributed by atoms with Crippen LogP contribution in [0.25, 0.3) is 5.57 Å². The fourth-order valence-electron chi connectivity index (χ4n) is 7.91. The van der Waals surface area contributed by atoms with Crippen molar-refractivity contribution in [3.8, 4) is 11.5 Å². The van der Waals surface area contributed by atoms with E-state index in [-0.39, 0.29) is 40.2 Å². The minimum absolute atomic E-state index is 0.0824. The zero-order chi connectivity index (χ0) is 31.6. The molecule has 4 aliphatic carbocycles. The van der Waals surface area contributed by atoms with E-state index in [0.717, 1.165) is 42.7 Å². The standard InChI is InChI=1S/C40H42N2O4/c43-35-23-19-33(20-24-35)41(29-7-3-1-4-8-29)31-15-11-27(12-16-31)37-39(45)38(40(37)46)28-13-17-32(18-14-28)42(30-9-5-2-6-10-30)34-21-25-36(44)26-22-34/h11-26,29-31,43-45H,1-10H2. The lowest BCUT2D eigenvalue weighted by atomic mass is 9.80. The lowest BCUT2D eigenvalue weighted by Crippen LogP contribution is -3.14. The van der Waals surface area contributed by atoms with Gasteiger partial charge >= 0.3 is 0 Å². The minimum atomic E-state index is -0.196. The van der Waals surface area contributed by atoms with Crippen molar-refractivity contribution in [1.29, 1.82) is 0 Å². The minimum Gasteiger partial charge on any atom is -0.871 e. The van der Waals surface area contributed by atoms with Crippen LogP contribution in [-0.2, 0) is 4.79 Å². The van der Waals surface area contributed by atoms with Gasteiger partial charge in [0.05, 0.1) is 6.04 Å². The van der Waals surface area contributed by atoms with Gasteiger partial charge in [0.15, 0.2) is 5.78 Å². The fraction of sp³-hybridized carbons (Fsp3) is 0.325. The van der Waals surface area contributed by atoms with E-state index >= 15 is 0 Å². The third-order valence-electron chi connectivity index (χ3n) is 10.3. The van der Waals surface area contributed by atoms with Crippen LogP contribution in [0.4, 0.5) is 17.1 Å². The lowest BCUT2D eigenvalue weighted by molar-refractivity contribution is -0.874. The Balaban J connectivity index is 1.13. The average molecular weight is 615 g/mol. The van der Waals surface area contributed by atoms with E-state index in [1.807, 2.05) is 60.7 Å². The van der Waals surface area contributed by atoms with Crippen LogP contribution in [0.15, 0.2) is 114 Å². The predicted octanol–water partition coefficient (Wildman–Crippen LogP) is 6.56. The zero-order valence-electron chi connectivity index (χ0n) is 26.2. The maximum absolute atomic E-state index is 13.5. The maximum atomic E-state index is 13.5. The molecule has 46 heavy (non-hydrogen) atoms. The van der Waals surface area contributed by atoms with Crippen LogP contribution in [0, 0.1) is 0 Å². The summed E-state index contributed by atoms with van der Waals surface area (Å²) in [7, 11) is 0. The Labute approximate surface area is 271 Å². The topological polar surface area (TPSA) is 88.3 Å². The number of aromatic hydroxyl groups is 2. The van der Waals surface area contributed by atoms with Crippen molar-refractivity contribution in [3.05, 3.63) is 120 Å². The first kappa shape index (κ1) is 30.1. The molecule has 0 saturated heterocycles. The third kappa shape index (κ3) is 5.90. The summed E-state index contributed by atoms with van der Waals surface area (Å²) in [6, 6.07) is 23.5. The van der Waals surface area contributed by atoms with Gasteiger partial charge < -0.3 is 20.2 Å². The molecule has 1 unspecified atom stereocenters. The summed E-state index contributed by atoms with van der Waals surface area (Å²) in [5, 5.41) is 33.2. The molecule has 3 N–H and O–H groups in total. The highest BCUT2D eigenvalue weighted by molar-refractivity contribution is 6.39. The van der Waals surface area contributed by atoms with Crippen LogP contribution in [0.3, 0.4) is 0 Å². The lowest BCUT2D eigenvalue weighted by Gasteiger charge is -2.37. The summed E-state index contributed by atoms with van der Waals surface area (Å²) in [5.74, 6) is 0.108. The predicted molar refractivity (Wildman–Crippen MR) is 180 cm³/mol. The Hall–Kier alpha value is -4.55. The number of nitrogens with one attached hydrogen (secondary N) is 1. The molecule has 0 heterocycles. The summed E-state index contributed by atoms with van der Waals surface area (Å²) in [6.45, 7) is 0. The quantitative estimate of drug-likeness (QED) is 0.207. The van der Waals surface area contributed by atoms with Gasteiger partial charge in [-0.05, 0) is 110 Å². The number of phenols is 2. The van der Waals surface area contributed by atoms with E-state index in [1.165, 1.54) is 43.4 Å². The molecular weight excluding hydrogens is 572 g/mol. The number of anilines is 2. The Morgan fingerprint density at radius 3 is 1.74 bits per heavy atom. The summed E-state index contributed by atoms with van der Waals surface area (Å²) in [6.07, 6.45) is 20.0. The molecule has 7 rings (SSSR count). The summed E-state index contributed by atoms with van der Waals surface area (Å²) in [4.78, 5) is 17.1. The van der Waals surface area contributed by atoms with Gasteiger partial charge in [0.25, 0.3) is 0 Å². The van der Waals surface area contributed by atoms with Crippen LogP contribution in [0.5, 0.6) is 11.5 Å². The van der Waals surface area contributed by atoms with Gasteiger partial charge in [0.2, 0.25) is 0 Å². The van der Waals surface area contributed by atoms with Crippen molar-refractivity contribution in [2.24, 2.45) is 0 Å². The van der Waals surface area contributed by atoms with Crippen molar-refractivity contribution in [2.75, 3.05) is 4.90 Å². The zero-order valence-corrected chi connectivity index (χ0v) is 26.2. The molecular formula is C40H42N2O4. The van der Waals surface area contributed by atoms with E-state index in [1.54, 1.807) is 24.3 Å². The average Bonchev–Trinajstić information content (AvgIpc) is 3.09. The van der Waals surface area contributed by atoms with Crippen LogP contribution >= 0.6 is 0 Å². The summed E-state index contributed by atoms with van der Waals surface area (Å²) < 4.78 is 0. The number of nitrogens with zero attached hydrogens (tertiary/aromatic N) is 1. The van der Waals surface area contributed by atoms with Gasteiger partial charge in [-0.1, -0.05) is 55.7 Å². The van der Waals surface area contributed by atoms with Crippen LogP contribution in [0.2, 0.25) is 0 Å². The molecule has 6 heteroatoms. The van der Waals surface area contributed by atoms with Gasteiger partial charge in [-0.25, -0.2) is 0 Å². The number of ketones is 1. The molecule has 2 saturated carbocycles. The van der Waals surface area contributed by atoms with Gasteiger partial charge in [0, 0.05) is 40.7 Å². The molecule has 0 radical (unpaired) electrons. The Morgan fingerprint density at radius 2 is 1.17 bits per heavy atom. The first-order valence-corrected chi connectivity index (χ1v) is 16.9. The number of hydrogen-bond acceptors (Lipinski definition) is 5. The first-order chi connectivity index (χ1) is 22.5. The fourth-order valence-corrected chi connectivity index (χ4v) is 7.91. The molecule has 1 atom stereocenters. The largest absolute Gasteiger partial charge is 0.871 e. The molecule has 2 fully saturated rings. The van der Waals surface area contributed by atoms with E-state index in [4.69, 9.17) is 0 Å². The molecule has 236 valence electrons. The number of benzene rings is 3. The van der Waals surface area contributed by atoms with Gasteiger partial charge in [-0.2, -0.15) is 0 Å². The number of quaternary nitrogens is 1. The number of Topliss-reactive ketones (excluding diaryl/α,β-unsaturated/α-hetero) is 1. The van der Waals surface area contributed by atoms with Crippen LogP contribution < -0.4 is 14.9 Å². The second-order valence-electron chi connectivity index (χ2n) is 13.2. The second-order valence-corrected chi connectivity index (χ2v) is 13.2. The molecule has 0 spiro atoms. The number of carbonyl (C=O) groups is 1. The van der Waals surface area contributed by atoms with Crippen molar-refractivity contribution in [3.63, 3.8) is 0 Å². The van der Waals surface area contributed by atoms with E-state index in [9.17, 15) is 20.1 Å². The molecule has 6 nitrogen and oxygen atoms in total. The highest BCUT2D eigenvalue weighted by atomic mass is 16.3. The van der Waals surface area contributed by atoms with E-state index in [2.05, 4.69) is 17.1 Å². The van der Waals surface area contributed by atoms with E-state index in [0.29, 0.717) is 23.2 Å². The third-order valence-corrected chi connectivity index (χ3v) is 10.3. The van der Waals surface area contributed by atoms with Crippen molar-refractivity contribution in [2.45, 2.75) is 82.3 Å². The van der Waals surface area contributed by atoms with Crippen molar-refractivity contribution < 1.29 is 25.0 Å². The molecule has 0 aliphatic heterocycles. The monoisotopic (exact) mass is 614 g/mol. The smallest absolute Gasteiger partial charge is 0.193 e. The normalized spacial score (nSPS) is 21.4. The van der Waals surface area contributed by atoms with E-state index < -0.39 is 0 Å². The Morgan fingerprint density at radius 1 is 0.652 bits per heavy atom. The van der Waals surface area contributed by atoms with Crippen LogP contribution in [-0.4, -0.2) is 34.1 Å². The molecule has 3 aromatic rings. The van der Waals surface area contributed by atoms with Gasteiger partial charge in [0.1, 0.15) is 23.2 Å². The summed E-state index contributed by atoms with van der Waals surface area (Å²) >= 11 is 0. The van der Waals surface area contributed by atoms with Crippen LogP contribution in [0.1, 0.15) is 69.8 Å². The highest BCUT2D eigenvalue weighted by Crippen LogP contribution is 2.40. The van der Waals surface area contributed by atoms with Crippen molar-refractivity contribution >= 4 is 28.4 Å². The number of phenolic OH excluding ortho intramolecular Hbond substituents is 2. The SMILES string of the molecule is O=C1C(=C2C=CC([NH+](c3ccc(O)cc3)C3CCCCC3)C=C2)C([O-])=C1c1ccc(N(c2ccc(O)cc2)C2CCCCC2)cc1. The Bertz CT molecular complexity index is 1670. The number of hydrogen-bond donors (Lipinski definition) is 3. The first-order valence-electron chi connectivity index (χ1n) is 16.9. The Kier molecular flexibility index (Phi) is 8.55. The highest BCUT2D eigenvalue weighted by Gasteiger charge is 2.34. The van der Waals surface area contributed by atoms with Crippen molar-refractivity contribution in [1.82, 2.24) is 0 Å². The van der Waals surface area contributed by atoms with Gasteiger partial charge in [-0.15, -0.1) is 0 Å². The summed E-state index contributed by atoms with van der Waals surface area (Å²) in [5.41, 5.74) is 5.03. The number of rotatable bonds is 7. The molecule has 3 aromatic carbocycles. The second kappa shape index (κ2) is 13.1. The van der Waals surface area contributed by atoms with Gasteiger partial charge in [-0.3, -0.25) is 9.69 Å². The molecule has 0 aromatic heterocycles. The maximum Gasteiger partial charge on any atom is 0.193 e. The number of allylic oxidation sites excluding steroid dienone is 5. The number of carbonyl (C=O) groups excluding carboxylic acids is 1. The molecule has 0 amide bonds. The molecule has 0 bridgehead atoms. The molecule has 4 aliphatic rings.